The Morgan fingerprint density at radius 1 is 1.03 bits per heavy atom. The quantitative estimate of drug-likeness (QED) is 0.442. The molecule has 1 atom stereocenters. The molecule has 9 heteroatoms. The summed E-state index contributed by atoms with van der Waals surface area (Å²) in [5.41, 5.74) is 1.29. The van der Waals surface area contributed by atoms with E-state index in [-0.39, 0.29) is 22.4 Å². The van der Waals surface area contributed by atoms with Crippen molar-refractivity contribution in [2.24, 2.45) is 0 Å². The van der Waals surface area contributed by atoms with E-state index in [1.54, 1.807) is 42.5 Å². The predicted octanol–water partition coefficient (Wildman–Crippen LogP) is 4.94. The third kappa shape index (κ3) is 5.75. The molecular formula is C22H24ClNO4S3. The topological polar surface area (TPSA) is 71.5 Å². The van der Waals surface area contributed by atoms with Gasteiger partial charge in [0.2, 0.25) is 10.0 Å². The maximum Gasteiger partial charge on any atom is 0.243 e. The summed E-state index contributed by atoms with van der Waals surface area (Å²) in [5.74, 6) is 0. The van der Waals surface area contributed by atoms with Crippen LogP contribution in [0.15, 0.2) is 69.8 Å². The fraction of sp³-hybridized carbons (Fsp3) is 0.273. The molecule has 166 valence electrons. The molecule has 0 aliphatic rings. The molecule has 2 aromatic carbocycles. The van der Waals surface area contributed by atoms with Gasteiger partial charge in [-0.25, -0.2) is 16.8 Å². The van der Waals surface area contributed by atoms with E-state index in [2.05, 4.69) is 0 Å². The average molecular weight is 498 g/mol. The van der Waals surface area contributed by atoms with Gasteiger partial charge in [-0.2, -0.15) is 4.31 Å². The number of sulfone groups is 1. The molecule has 0 aliphatic carbocycles. The molecule has 0 aliphatic heterocycles. The molecule has 0 spiro atoms. The molecule has 3 rings (SSSR count). The van der Waals surface area contributed by atoms with Crippen LogP contribution in [0.25, 0.3) is 0 Å². The minimum absolute atomic E-state index is 0.00224. The van der Waals surface area contributed by atoms with E-state index < -0.39 is 19.9 Å². The van der Waals surface area contributed by atoms with Gasteiger partial charge in [-0.05, 0) is 67.1 Å². The molecule has 5 nitrogen and oxygen atoms in total. The van der Waals surface area contributed by atoms with E-state index in [1.165, 1.54) is 22.5 Å². The normalized spacial score (nSPS) is 13.5. The van der Waals surface area contributed by atoms with E-state index in [0.29, 0.717) is 17.0 Å². The van der Waals surface area contributed by atoms with Crippen LogP contribution in [-0.4, -0.2) is 33.4 Å². The van der Waals surface area contributed by atoms with Gasteiger partial charge < -0.3 is 0 Å². The fourth-order valence-corrected chi connectivity index (χ4v) is 6.83. The fourth-order valence-electron chi connectivity index (χ4n) is 3.28. The van der Waals surface area contributed by atoms with Crippen LogP contribution in [0.5, 0.6) is 0 Å². The van der Waals surface area contributed by atoms with Crippen LogP contribution >= 0.6 is 22.9 Å². The van der Waals surface area contributed by atoms with Crippen molar-refractivity contribution in [3.63, 3.8) is 0 Å². The average Bonchev–Trinajstić information content (AvgIpc) is 3.19. The van der Waals surface area contributed by atoms with Crippen molar-refractivity contribution >= 4 is 42.8 Å². The van der Waals surface area contributed by atoms with Crippen molar-refractivity contribution in [2.75, 3.05) is 6.26 Å². The molecule has 0 fully saturated rings. The lowest BCUT2D eigenvalue weighted by Crippen LogP contribution is -2.39. The third-order valence-corrected chi connectivity index (χ3v) is 9.36. The van der Waals surface area contributed by atoms with Gasteiger partial charge in [0.05, 0.1) is 9.79 Å². The lowest BCUT2D eigenvalue weighted by atomic mass is 10.1. The minimum atomic E-state index is -3.98. The van der Waals surface area contributed by atoms with Gasteiger partial charge >= 0.3 is 0 Å². The Bertz CT molecular complexity index is 1250. The SMILES string of the molecule is Cc1ccc(S(C)(=O)=O)cc1S(=O)(=O)N(Cc1ccc(Cl)cc1)C(C)Cc1cccs1. The van der Waals surface area contributed by atoms with Gasteiger partial charge in [0.15, 0.2) is 9.84 Å². The van der Waals surface area contributed by atoms with E-state index in [9.17, 15) is 16.8 Å². The Morgan fingerprint density at radius 2 is 1.71 bits per heavy atom. The second-order valence-corrected chi connectivity index (χ2v) is 12.9. The van der Waals surface area contributed by atoms with Crippen LogP contribution in [0.1, 0.15) is 22.9 Å². The summed E-state index contributed by atoms with van der Waals surface area (Å²) in [6.45, 7) is 3.68. The maximum absolute atomic E-state index is 13.8. The summed E-state index contributed by atoms with van der Waals surface area (Å²) in [4.78, 5) is 1.06. The van der Waals surface area contributed by atoms with E-state index >= 15 is 0 Å². The number of hydrogen-bond donors (Lipinski definition) is 0. The van der Waals surface area contributed by atoms with Crippen LogP contribution in [0, 0.1) is 6.92 Å². The van der Waals surface area contributed by atoms with E-state index in [1.807, 2.05) is 24.4 Å². The van der Waals surface area contributed by atoms with Crippen LogP contribution in [-0.2, 0) is 32.8 Å². The highest BCUT2D eigenvalue weighted by atomic mass is 35.5. The number of hydrogen-bond acceptors (Lipinski definition) is 5. The van der Waals surface area contributed by atoms with Crippen molar-refractivity contribution in [2.45, 2.75) is 42.6 Å². The summed E-state index contributed by atoms with van der Waals surface area (Å²) < 4.78 is 53.1. The summed E-state index contributed by atoms with van der Waals surface area (Å²) in [6.07, 6.45) is 1.62. The summed E-state index contributed by atoms with van der Waals surface area (Å²) >= 11 is 7.56. The highest BCUT2D eigenvalue weighted by Crippen LogP contribution is 2.28. The van der Waals surface area contributed by atoms with Gasteiger partial charge in [-0.1, -0.05) is 35.9 Å². The number of thiophene rings is 1. The molecule has 0 bridgehead atoms. The molecule has 0 saturated heterocycles. The molecular weight excluding hydrogens is 474 g/mol. The molecule has 1 aromatic heterocycles. The summed E-state index contributed by atoms with van der Waals surface area (Å²) in [6, 6.07) is 14.8. The second-order valence-electron chi connectivity index (χ2n) is 7.51. The van der Waals surface area contributed by atoms with Gasteiger partial charge in [0.1, 0.15) is 0 Å². The summed E-state index contributed by atoms with van der Waals surface area (Å²) in [5, 5.41) is 2.53. The number of sulfonamides is 1. The zero-order valence-corrected chi connectivity index (χ0v) is 20.7. The molecule has 1 unspecified atom stereocenters. The Morgan fingerprint density at radius 3 is 2.29 bits per heavy atom. The van der Waals surface area contributed by atoms with Crippen LogP contribution < -0.4 is 0 Å². The zero-order valence-electron chi connectivity index (χ0n) is 17.4. The number of rotatable bonds is 8. The highest BCUT2D eigenvalue weighted by molar-refractivity contribution is 7.91. The summed E-state index contributed by atoms with van der Waals surface area (Å²) in [7, 11) is -7.53. The molecule has 0 amide bonds. The van der Waals surface area contributed by atoms with Crippen LogP contribution in [0.2, 0.25) is 5.02 Å². The molecule has 3 aromatic rings. The molecule has 0 saturated carbocycles. The zero-order chi connectivity index (χ0) is 22.8. The van der Waals surface area contributed by atoms with Crippen molar-refractivity contribution < 1.29 is 16.8 Å². The minimum Gasteiger partial charge on any atom is -0.224 e. The van der Waals surface area contributed by atoms with Crippen molar-refractivity contribution in [3.05, 3.63) is 81.0 Å². The first-order valence-electron chi connectivity index (χ1n) is 9.58. The number of benzene rings is 2. The number of nitrogens with zero attached hydrogens (tertiary/aromatic N) is 1. The van der Waals surface area contributed by atoms with Gasteiger partial charge in [0.25, 0.3) is 0 Å². The third-order valence-electron chi connectivity index (χ3n) is 4.99. The van der Waals surface area contributed by atoms with Crippen molar-refractivity contribution in [1.82, 2.24) is 4.31 Å². The first kappa shape index (κ1) is 23.9. The monoisotopic (exact) mass is 497 g/mol. The largest absolute Gasteiger partial charge is 0.243 e. The lowest BCUT2D eigenvalue weighted by Gasteiger charge is -2.29. The Labute approximate surface area is 193 Å². The highest BCUT2D eigenvalue weighted by Gasteiger charge is 2.31. The number of aryl methyl sites for hydroxylation is 1. The second kappa shape index (κ2) is 9.42. The van der Waals surface area contributed by atoms with Gasteiger partial charge in [-0.15, -0.1) is 11.3 Å². The molecule has 1 heterocycles. The first-order valence-corrected chi connectivity index (χ1v) is 14.2. The molecule has 0 N–H and O–H groups in total. The number of halogens is 1. The van der Waals surface area contributed by atoms with E-state index in [4.69, 9.17) is 11.6 Å². The maximum atomic E-state index is 13.8. The Kier molecular flexibility index (Phi) is 7.28. The van der Waals surface area contributed by atoms with E-state index in [0.717, 1.165) is 16.7 Å². The van der Waals surface area contributed by atoms with Crippen molar-refractivity contribution in [1.29, 1.82) is 0 Å². The van der Waals surface area contributed by atoms with Crippen LogP contribution in [0.3, 0.4) is 0 Å². The van der Waals surface area contributed by atoms with Crippen LogP contribution in [0.4, 0.5) is 0 Å². The standard InChI is InChI=1S/C22H24ClNO4S3/c1-16-6-11-21(30(3,25)26)14-22(16)31(27,28)24(15-18-7-9-19(23)10-8-18)17(2)13-20-5-4-12-29-20/h4-12,14,17H,13,15H2,1-3H3. The van der Waals surface area contributed by atoms with Crippen molar-refractivity contribution in [3.8, 4) is 0 Å². The van der Waals surface area contributed by atoms with Gasteiger partial charge in [0, 0.05) is 28.7 Å². The smallest absolute Gasteiger partial charge is 0.224 e. The predicted molar refractivity (Wildman–Crippen MR) is 126 cm³/mol. The first-order chi connectivity index (χ1) is 14.5. The molecule has 31 heavy (non-hydrogen) atoms. The Hall–Kier alpha value is -1.71. The lowest BCUT2D eigenvalue weighted by molar-refractivity contribution is 0.329. The molecule has 0 radical (unpaired) electrons. The van der Waals surface area contributed by atoms with Gasteiger partial charge in [-0.3, -0.25) is 0 Å². The Balaban J connectivity index is 2.07.